The second kappa shape index (κ2) is 11.5. The molecular formula is C13H25O2. The van der Waals surface area contributed by atoms with Gasteiger partial charge in [-0.2, -0.15) is 0 Å². The molecule has 0 aromatic carbocycles. The van der Waals surface area contributed by atoms with Crippen LogP contribution in [0.4, 0.5) is 0 Å². The first-order valence-electron chi connectivity index (χ1n) is 6.24. The predicted octanol–water partition coefficient (Wildman–Crippen LogP) is 3.89. The SMILES string of the molecule is C[CH]COC(=O)CCCCCCCCC. The smallest absolute Gasteiger partial charge is 0.305 e. The third-order valence-electron chi connectivity index (χ3n) is 2.40. The Morgan fingerprint density at radius 2 is 1.67 bits per heavy atom. The number of unbranched alkanes of at least 4 members (excludes halogenated alkanes) is 6. The van der Waals surface area contributed by atoms with E-state index in [9.17, 15) is 4.79 Å². The first-order valence-corrected chi connectivity index (χ1v) is 6.24. The molecule has 0 saturated carbocycles. The normalized spacial score (nSPS) is 10.3. The zero-order chi connectivity index (χ0) is 11.4. The van der Waals surface area contributed by atoms with E-state index < -0.39 is 0 Å². The summed E-state index contributed by atoms with van der Waals surface area (Å²) in [6.45, 7) is 4.57. The van der Waals surface area contributed by atoms with Gasteiger partial charge in [-0.25, -0.2) is 0 Å². The Bertz CT molecular complexity index is 143. The third kappa shape index (κ3) is 11.4. The highest BCUT2D eigenvalue weighted by Gasteiger charge is 2.00. The van der Waals surface area contributed by atoms with Crippen LogP contribution in [0.2, 0.25) is 0 Å². The van der Waals surface area contributed by atoms with Crippen LogP contribution in [0.3, 0.4) is 0 Å². The number of ether oxygens (including phenoxy) is 1. The lowest BCUT2D eigenvalue weighted by Gasteiger charge is -2.02. The molecule has 0 amide bonds. The summed E-state index contributed by atoms with van der Waals surface area (Å²) in [6.07, 6.45) is 11.1. The lowest BCUT2D eigenvalue weighted by atomic mass is 10.1. The van der Waals surface area contributed by atoms with Gasteiger partial charge in [-0.1, -0.05) is 52.4 Å². The molecule has 0 heterocycles. The third-order valence-corrected chi connectivity index (χ3v) is 2.40. The highest BCUT2D eigenvalue weighted by atomic mass is 16.5. The number of carbonyl (C=O) groups is 1. The standard InChI is InChI=1S/C13H25O2/c1-3-5-6-7-8-9-10-11-13(14)15-12-4-2/h4H,3,5-12H2,1-2H3. The molecule has 15 heavy (non-hydrogen) atoms. The Balaban J connectivity index is 3.06. The van der Waals surface area contributed by atoms with Crippen molar-refractivity contribution in [3.63, 3.8) is 0 Å². The summed E-state index contributed by atoms with van der Waals surface area (Å²) >= 11 is 0. The largest absolute Gasteiger partial charge is 0.465 e. The molecule has 0 aliphatic carbocycles. The lowest BCUT2D eigenvalue weighted by molar-refractivity contribution is -0.142. The van der Waals surface area contributed by atoms with Gasteiger partial charge in [0.25, 0.3) is 0 Å². The molecule has 0 fully saturated rings. The Kier molecular flexibility index (Phi) is 11.1. The van der Waals surface area contributed by atoms with Crippen LogP contribution < -0.4 is 0 Å². The Morgan fingerprint density at radius 1 is 1.07 bits per heavy atom. The van der Waals surface area contributed by atoms with Gasteiger partial charge in [0.05, 0.1) is 6.61 Å². The first kappa shape index (κ1) is 14.5. The van der Waals surface area contributed by atoms with Crippen molar-refractivity contribution in [2.24, 2.45) is 0 Å². The number of esters is 1. The molecule has 0 saturated heterocycles. The molecule has 0 spiro atoms. The summed E-state index contributed by atoms with van der Waals surface area (Å²) < 4.78 is 4.94. The summed E-state index contributed by atoms with van der Waals surface area (Å²) in [5.41, 5.74) is 0. The van der Waals surface area contributed by atoms with E-state index in [4.69, 9.17) is 4.74 Å². The number of hydrogen-bond donors (Lipinski definition) is 0. The van der Waals surface area contributed by atoms with Crippen molar-refractivity contribution in [1.29, 1.82) is 0 Å². The van der Waals surface area contributed by atoms with E-state index in [-0.39, 0.29) is 5.97 Å². The average Bonchev–Trinajstić information content (AvgIpc) is 2.25. The van der Waals surface area contributed by atoms with Gasteiger partial charge >= 0.3 is 5.97 Å². The van der Waals surface area contributed by atoms with Crippen molar-refractivity contribution in [1.82, 2.24) is 0 Å². The predicted molar refractivity (Wildman–Crippen MR) is 63.5 cm³/mol. The van der Waals surface area contributed by atoms with Crippen LogP contribution in [0, 0.1) is 6.42 Å². The summed E-state index contributed by atoms with van der Waals surface area (Å²) in [6, 6.07) is 0. The molecule has 0 N–H and O–H groups in total. The number of carbonyl (C=O) groups excluding carboxylic acids is 1. The number of rotatable bonds is 10. The minimum Gasteiger partial charge on any atom is -0.465 e. The molecule has 0 aliphatic rings. The quantitative estimate of drug-likeness (QED) is 0.406. The van der Waals surface area contributed by atoms with Gasteiger partial charge in [-0.3, -0.25) is 4.79 Å². The maximum atomic E-state index is 11.1. The van der Waals surface area contributed by atoms with E-state index in [1.807, 2.05) is 13.3 Å². The van der Waals surface area contributed by atoms with Crippen LogP contribution in [-0.2, 0) is 9.53 Å². The van der Waals surface area contributed by atoms with Gasteiger partial charge < -0.3 is 4.74 Å². The van der Waals surface area contributed by atoms with Gasteiger partial charge in [0, 0.05) is 6.42 Å². The summed E-state index contributed by atoms with van der Waals surface area (Å²) in [5.74, 6) is -0.0540. The minimum absolute atomic E-state index is 0.0540. The van der Waals surface area contributed by atoms with Crippen LogP contribution in [0.5, 0.6) is 0 Å². The van der Waals surface area contributed by atoms with Gasteiger partial charge in [0.2, 0.25) is 0 Å². The van der Waals surface area contributed by atoms with E-state index >= 15 is 0 Å². The first-order chi connectivity index (χ1) is 7.31. The molecule has 0 aromatic rings. The van der Waals surface area contributed by atoms with Crippen molar-refractivity contribution in [2.45, 2.75) is 65.2 Å². The molecule has 0 unspecified atom stereocenters. The van der Waals surface area contributed by atoms with Crippen LogP contribution in [0.15, 0.2) is 0 Å². The van der Waals surface area contributed by atoms with Gasteiger partial charge in [0.15, 0.2) is 0 Å². The topological polar surface area (TPSA) is 26.3 Å². The number of hydrogen-bond acceptors (Lipinski definition) is 2. The van der Waals surface area contributed by atoms with Crippen LogP contribution in [0.25, 0.3) is 0 Å². The zero-order valence-corrected chi connectivity index (χ0v) is 10.3. The zero-order valence-electron chi connectivity index (χ0n) is 10.3. The lowest BCUT2D eigenvalue weighted by Crippen LogP contribution is -2.04. The average molecular weight is 213 g/mol. The molecule has 89 valence electrons. The fraction of sp³-hybridized carbons (Fsp3) is 0.846. The maximum absolute atomic E-state index is 11.1. The van der Waals surface area contributed by atoms with Gasteiger partial charge in [-0.15, -0.1) is 0 Å². The molecule has 2 heteroatoms. The molecule has 0 aliphatic heterocycles. The van der Waals surface area contributed by atoms with E-state index in [2.05, 4.69) is 6.92 Å². The van der Waals surface area contributed by atoms with Crippen LogP contribution in [-0.4, -0.2) is 12.6 Å². The summed E-state index contributed by atoms with van der Waals surface area (Å²) in [5, 5.41) is 0. The Morgan fingerprint density at radius 3 is 2.27 bits per heavy atom. The van der Waals surface area contributed by atoms with Gasteiger partial charge in [-0.05, 0) is 12.8 Å². The van der Waals surface area contributed by atoms with Crippen LogP contribution in [0.1, 0.15) is 65.2 Å². The van der Waals surface area contributed by atoms with Crippen molar-refractivity contribution in [3.8, 4) is 0 Å². The van der Waals surface area contributed by atoms with Crippen LogP contribution >= 0.6 is 0 Å². The van der Waals surface area contributed by atoms with Crippen molar-refractivity contribution >= 4 is 5.97 Å². The van der Waals surface area contributed by atoms with Crippen molar-refractivity contribution in [3.05, 3.63) is 6.42 Å². The van der Waals surface area contributed by atoms with E-state index in [1.165, 1.54) is 32.1 Å². The highest BCUT2D eigenvalue weighted by molar-refractivity contribution is 5.69. The fourth-order valence-corrected chi connectivity index (χ4v) is 1.47. The van der Waals surface area contributed by atoms with Crippen molar-refractivity contribution < 1.29 is 9.53 Å². The van der Waals surface area contributed by atoms with Crippen molar-refractivity contribution in [2.75, 3.05) is 6.61 Å². The molecule has 0 bridgehead atoms. The summed E-state index contributed by atoms with van der Waals surface area (Å²) in [7, 11) is 0. The minimum atomic E-state index is -0.0540. The molecule has 2 nitrogen and oxygen atoms in total. The Hall–Kier alpha value is -0.530. The fourth-order valence-electron chi connectivity index (χ4n) is 1.47. The highest BCUT2D eigenvalue weighted by Crippen LogP contribution is 2.08. The van der Waals surface area contributed by atoms with E-state index in [0.717, 1.165) is 12.8 Å². The monoisotopic (exact) mass is 213 g/mol. The molecular weight excluding hydrogens is 188 g/mol. The van der Waals surface area contributed by atoms with Gasteiger partial charge in [0.1, 0.15) is 0 Å². The van der Waals surface area contributed by atoms with E-state index in [1.54, 1.807) is 0 Å². The molecule has 0 aromatic heterocycles. The summed E-state index contributed by atoms with van der Waals surface area (Å²) in [4.78, 5) is 11.1. The molecule has 0 rings (SSSR count). The maximum Gasteiger partial charge on any atom is 0.305 e. The van der Waals surface area contributed by atoms with E-state index in [0.29, 0.717) is 13.0 Å². The second-order valence-electron chi connectivity index (χ2n) is 3.96. The molecule has 0 atom stereocenters. The Labute approximate surface area is 94.4 Å². The second-order valence-corrected chi connectivity index (χ2v) is 3.96. The molecule has 1 radical (unpaired) electrons.